The highest BCUT2D eigenvalue weighted by atomic mass is 32.1. The van der Waals surface area contributed by atoms with Gasteiger partial charge in [0.15, 0.2) is 0 Å². The summed E-state index contributed by atoms with van der Waals surface area (Å²) >= 11 is 5.29. The molecule has 0 spiro atoms. The monoisotopic (exact) mass is 487 g/mol. The molecule has 196 valence electrons. The van der Waals surface area contributed by atoms with Crippen molar-refractivity contribution in [2.75, 3.05) is 0 Å². The first-order chi connectivity index (χ1) is 15.6. The van der Waals surface area contributed by atoms with Crippen LogP contribution in [0.5, 0.6) is 0 Å². The second-order valence-electron chi connectivity index (χ2n) is 16.2. The van der Waals surface area contributed by atoms with Gasteiger partial charge in [0, 0.05) is 11.3 Å². The Morgan fingerprint density at radius 2 is 1.47 bits per heavy atom. The summed E-state index contributed by atoms with van der Waals surface area (Å²) in [5.74, 6) is 5.69. The summed E-state index contributed by atoms with van der Waals surface area (Å²) in [6, 6.07) is 0.229. The summed E-state index contributed by atoms with van der Waals surface area (Å²) in [6.07, 6.45) is 12.8. The Morgan fingerprint density at radius 1 is 0.794 bits per heavy atom. The molecule has 0 heterocycles. The zero-order chi connectivity index (χ0) is 25.1. The van der Waals surface area contributed by atoms with E-state index in [1.54, 1.807) is 0 Å². The number of nitrogens with two attached hydrogens (primary N) is 1. The molecule has 0 aromatic rings. The molecular formula is C32H57NS. The first-order valence-electron chi connectivity index (χ1n) is 15.1. The van der Waals surface area contributed by atoms with E-state index in [4.69, 9.17) is 18.4 Å². The fraction of sp³-hybridized carbons (Fsp3) is 1.00. The van der Waals surface area contributed by atoms with E-state index in [1.807, 2.05) is 0 Å². The molecule has 3 unspecified atom stereocenters. The van der Waals surface area contributed by atoms with Crippen molar-refractivity contribution in [3.8, 4) is 0 Å². The molecule has 2 N–H and O–H groups in total. The molecule has 2 heteroatoms. The van der Waals surface area contributed by atoms with Crippen LogP contribution in [0, 0.1) is 68.5 Å². The van der Waals surface area contributed by atoms with Gasteiger partial charge in [-0.3, -0.25) is 0 Å². The Bertz CT molecular complexity index is 801. The van der Waals surface area contributed by atoms with E-state index >= 15 is 0 Å². The molecule has 0 saturated heterocycles. The van der Waals surface area contributed by atoms with Gasteiger partial charge in [-0.25, -0.2) is 0 Å². The minimum absolute atomic E-state index is 0.229. The van der Waals surface area contributed by atoms with Crippen LogP contribution in [0.15, 0.2) is 0 Å². The third kappa shape index (κ3) is 3.15. The third-order valence-electron chi connectivity index (χ3n) is 14.6. The predicted octanol–water partition coefficient (Wildman–Crippen LogP) is 8.62. The fourth-order valence-electron chi connectivity index (χ4n) is 12.8. The molecular weight excluding hydrogens is 430 g/mol. The third-order valence-corrected chi connectivity index (χ3v) is 15.1. The SMILES string of the molecule is CC(N)C1C(S)CC(C)(C)[C@@H]2CC[C@]3(C)[C@H](CC[C@@H]4[C@@H]5[C@@H](C)[C@H](C)CC[C@]5(C)CC[C@]43C)[C@@]12C. The van der Waals surface area contributed by atoms with Gasteiger partial charge in [-0.15, -0.1) is 0 Å². The second kappa shape index (κ2) is 7.91. The standard InChI is InChI=1S/C32H57NS/c1-19-12-14-29(6)16-17-30(7)22(26(29)20(19)2)10-11-25-31(30,8)15-13-24-28(4,5)18-23(34)27(21(3)33)32(24,25)9/h19-27,34H,10-18,33H2,1-9H3/t19-,20+,21?,22-,23?,24+,25+,26+,27?,29-,30-,31-,32+/m1/s1. The van der Waals surface area contributed by atoms with E-state index in [2.05, 4.69) is 62.3 Å². The van der Waals surface area contributed by atoms with Crippen LogP contribution in [-0.2, 0) is 0 Å². The van der Waals surface area contributed by atoms with Crippen LogP contribution in [0.2, 0.25) is 0 Å². The average molecular weight is 488 g/mol. The Morgan fingerprint density at radius 3 is 2.12 bits per heavy atom. The van der Waals surface area contributed by atoms with E-state index in [0.29, 0.717) is 38.2 Å². The molecule has 0 aromatic carbocycles. The maximum atomic E-state index is 6.86. The number of fused-ring (bicyclic) bond motifs is 7. The highest BCUT2D eigenvalue weighted by molar-refractivity contribution is 7.81. The first-order valence-corrected chi connectivity index (χ1v) is 15.6. The van der Waals surface area contributed by atoms with Gasteiger partial charge in [0.2, 0.25) is 0 Å². The summed E-state index contributed by atoms with van der Waals surface area (Å²) in [6.45, 7) is 23.6. The van der Waals surface area contributed by atoms with E-state index in [0.717, 1.165) is 35.5 Å². The van der Waals surface area contributed by atoms with Crippen molar-refractivity contribution in [1.29, 1.82) is 0 Å². The zero-order valence-corrected chi connectivity index (χ0v) is 25.0. The molecule has 5 saturated carbocycles. The van der Waals surface area contributed by atoms with Gasteiger partial charge in [0.1, 0.15) is 0 Å². The van der Waals surface area contributed by atoms with Crippen molar-refractivity contribution >= 4 is 12.6 Å². The Balaban J connectivity index is 1.59. The maximum Gasteiger partial charge on any atom is 0.00703 e. The van der Waals surface area contributed by atoms with Gasteiger partial charge in [-0.05, 0) is 133 Å². The van der Waals surface area contributed by atoms with Crippen LogP contribution >= 0.6 is 12.6 Å². The summed E-state index contributed by atoms with van der Waals surface area (Å²) in [5.41, 5.74) is 9.00. The molecule has 5 rings (SSSR count). The number of hydrogen-bond acceptors (Lipinski definition) is 2. The maximum absolute atomic E-state index is 6.86. The molecule has 0 radical (unpaired) electrons. The van der Waals surface area contributed by atoms with E-state index in [9.17, 15) is 0 Å². The lowest BCUT2D eigenvalue weighted by Gasteiger charge is -2.75. The Kier molecular flexibility index (Phi) is 6.03. The molecule has 0 bridgehead atoms. The lowest BCUT2D eigenvalue weighted by atomic mass is 9.30. The van der Waals surface area contributed by atoms with Crippen LogP contribution in [0.25, 0.3) is 0 Å². The van der Waals surface area contributed by atoms with Crippen LogP contribution < -0.4 is 5.73 Å². The van der Waals surface area contributed by atoms with E-state index < -0.39 is 0 Å². The highest BCUT2D eigenvalue weighted by Crippen LogP contribution is 2.78. The highest BCUT2D eigenvalue weighted by Gasteiger charge is 2.71. The number of thiol groups is 1. The lowest BCUT2D eigenvalue weighted by molar-refractivity contribution is -0.259. The lowest BCUT2D eigenvalue weighted by Crippen LogP contribution is -2.70. The van der Waals surface area contributed by atoms with Crippen molar-refractivity contribution in [3.05, 3.63) is 0 Å². The van der Waals surface area contributed by atoms with E-state index in [1.165, 1.54) is 57.8 Å². The zero-order valence-electron chi connectivity index (χ0n) is 24.1. The topological polar surface area (TPSA) is 26.0 Å². The largest absolute Gasteiger partial charge is 0.328 e. The molecule has 1 nitrogen and oxygen atoms in total. The van der Waals surface area contributed by atoms with Crippen molar-refractivity contribution in [2.24, 2.45) is 74.2 Å². The van der Waals surface area contributed by atoms with Crippen LogP contribution in [0.3, 0.4) is 0 Å². The molecule has 0 amide bonds. The van der Waals surface area contributed by atoms with Gasteiger partial charge in [0.05, 0.1) is 0 Å². The van der Waals surface area contributed by atoms with Gasteiger partial charge >= 0.3 is 0 Å². The van der Waals surface area contributed by atoms with Crippen molar-refractivity contribution in [3.63, 3.8) is 0 Å². The predicted molar refractivity (Wildman–Crippen MR) is 150 cm³/mol. The molecule has 5 aliphatic rings. The van der Waals surface area contributed by atoms with Crippen molar-refractivity contribution in [1.82, 2.24) is 0 Å². The van der Waals surface area contributed by atoms with E-state index in [-0.39, 0.29) is 6.04 Å². The minimum atomic E-state index is 0.229. The second-order valence-corrected chi connectivity index (χ2v) is 16.9. The molecule has 5 aliphatic carbocycles. The average Bonchev–Trinajstić information content (AvgIpc) is 2.70. The summed E-state index contributed by atoms with van der Waals surface area (Å²) in [5, 5.41) is 0.429. The quantitative estimate of drug-likeness (QED) is 0.356. The molecule has 34 heavy (non-hydrogen) atoms. The normalized spacial score (nSPS) is 59.7. The van der Waals surface area contributed by atoms with Crippen LogP contribution in [0.4, 0.5) is 0 Å². The van der Waals surface area contributed by atoms with Gasteiger partial charge < -0.3 is 5.73 Å². The fourth-order valence-corrected chi connectivity index (χ4v) is 13.9. The summed E-state index contributed by atoms with van der Waals surface area (Å²) in [7, 11) is 0. The van der Waals surface area contributed by atoms with Gasteiger partial charge in [-0.1, -0.05) is 55.4 Å². The molecule has 0 aromatic heterocycles. The smallest absolute Gasteiger partial charge is 0.00703 e. The Hall–Kier alpha value is 0.310. The van der Waals surface area contributed by atoms with Crippen molar-refractivity contribution < 1.29 is 0 Å². The number of rotatable bonds is 1. The Labute approximate surface area is 218 Å². The summed E-state index contributed by atoms with van der Waals surface area (Å²) in [4.78, 5) is 0. The van der Waals surface area contributed by atoms with Crippen LogP contribution in [0.1, 0.15) is 120 Å². The van der Waals surface area contributed by atoms with Crippen LogP contribution in [-0.4, -0.2) is 11.3 Å². The van der Waals surface area contributed by atoms with Crippen molar-refractivity contribution in [2.45, 2.75) is 131 Å². The summed E-state index contributed by atoms with van der Waals surface area (Å²) < 4.78 is 0. The van der Waals surface area contributed by atoms with Gasteiger partial charge in [0.25, 0.3) is 0 Å². The molecule has 0 aliphatic heterocycles. The molecule has 13 atom stereocenters. The van der Waals surface area contributed by atoms with Gasteiger partial charge in [-0.2, -0.15) is 12.6 Å². The minimum Gasteiger partial charge on any atom is -0.328 e. The first kappa shape index (κ1) is 25.9. The molecule has 5 fully saturated rings. The number of hydrogen-bond donors (Lipinski definition) is 2.